The molecule has 27 heavy (non-hydrogen) atoms. The van der Waals surface area contributed by atoms with E-state index in [0.29, 0.717) is 5.75 Å². The molecule has 2 aromatic carbocycles. The Hall–Kier alpha value is -2.37. The fourth-order valence-corrected chi connectivity index (χ4v) is 4.97. The average Bonchev–Trinajstić information content (AvgIpc) is 2.97. The number of thiophene rings is 1. The van der Waals surface area contributed by atoms with Crippen LogP contribution in [-0.2, 0) is 11.5 Å². The van der Waals surface area contributed by atoms with Crippen LogP contribution in [0.25, 0.3) is 21.3 Å². The number of nitrogens with one attached hydrogen (secondary N) is 1. The minimum Gasteiger partial charge on any atom is -0.309 e. The summed E-state index contributed by atoms with van der Waals surface area (Å²) in [6.45, 7) is 4.02. The molecule has 0 bridgehead atoms. The molecular formula is C22H20N2OS2. The Morgan fingerprint density at radius 3 is 2.41 bits per heavy atom. The number of hydrogen-bond acceptors (Lipinski definition) is 4. The largest absolute Gasteiger partial charge is 0.309 e. The van der Waals surface area contributed by atoms with Gasteiger partial charge in [0.1, 0.15) is 10.7 Å². The van der Waals surface area contributed by atoms with E-state index in [0.717, 1.165) is 32.2 Å². The van der Waals surface area contributed by atoms with Crippen molar-refractivity contribution in [2.45, 2.75) is 25.4 Å². The van der Waals surface area contributed by atoms with Crippen LogP contribution < -0.4 is 5.56 Å². The highest BCUT2D eigenvalue weighted by molar-refractivity contribution is 7.97. The Balaban J connectivity index is 1.43. The predicted molar refractivity (Wildman–Crippen MR) is 117 cm³/mol. The molecule has 1 N–H and O–H groups in total. The van der Waals surface area contributed by atoms with E-state index in [1.165, 1.54) is 16.7 Å². The van der Waals surface area contributed by atoms with Crippen LogP contribution in [0.15, 0.2) is 59.4 Å². The van der Waals surface area contributed by atoms with Crippen molar-refractivity contribution in [2.75, 3.05) is 0 Å². The minimum atomic E-state index is -0.0235. The van der Waals surface area contributed by atoms with E-state index in [9.17, 15) is 4.79 Å². The van der Waals surface area contributed by atoms with Gasteiger partial charge < -0.3 is 4.98 Å². The van der Waals surface area contributed by atoms with Gasteiger partial charge in [-0.1, -0.05) is 54.6 Å². The highest BCUT2D eigenvalue weighted by Crippen LogP contribution is 2.27. The number of aryl methyl sites for hydroxylation is 2. The summed E-state index contributed by atoms with van der Waals surface area (Å²) in [6.07, 6.45) is 0. The van der Waals surface area contributed by atoms with Crippen molar-refractivity contribution in [3.05, 3.63) is 86.8 Å². The van der Waals surface area contributed by atoms with Gasteiger partial charge in [-0.05, 0) is 36.1 Å². The fourth-order valence-electron chi connectivity index (χ4n) is 3.06. The standard InChI is InChI=1S/C22H20N2OS2/c1-14-15(2)27-22-20(14)21(25)23-19(24-22)13-26-12-16-8-10-18(11-9-16)17-6-4-3-5-7-17/h3-11H,12-13H2,1-2H3,(H,23,24,25). The van der Waals surface area contributed by atoms with Crippen molar-refractivity contribution in [3.63, 3.8) is 0 Å². The number of aromatic nitrogens is 2. The van der Waals surface area contributed by atoms with Crippen LogP contribution in [0, 0.1) is 13.8 Å². The first-order valence-corrected chi connectivity index (χ1v) is 10.8. The van der Waals surface area contributed by atoms with Crippen molar-refractivity contribution < 1.29 is 0 Å². The molecule has 0 aliphatic rings. The van der Waals surface area contributed by atoms with Gasteiger partial charge >= 0.3 is 0 Å². The lowest BCUT2D eigenvalue weighted by Gasteiger charge is -2.05. The van der Waals surface area contributed by atoms with E-state index in [-0.39, 0.29) is 5.56 Å². The molecule has 4 rings (SSSR count). The maximum absolute atomic E-state index is 12.3. The number of nitrogens with zero attached hydrogens (tertiary/aromatic N) is 1. The Bertz CT molecular complexity index is 1130. The number of rotatable bonds is 5. The first kappa shape index (κ1) is 18.0. The average molecular weight is 393 g/mol. The van der Waals surface area contributed by atoms with Crippen molar-refractivity contribution >= 4 is 33.3 Å². The van der Waals surface area contributed by atoms with Crippen LogP contribution in [0.4, 0.5) is 0 Å². The molecule has 0 amide bonds. The maximum Gasteiger partial charge on any atom is 0.259 e. The molecule has 0 radical (unpaired) electrons. The molecule has 0 atom stereocenters. The smallest absolute Gasteiger partial charge is 0.259 e. The summed E-state index contributed by atoms with van der Waals surface area (Å²) in [5, 5.41) is 0.739. The number of thioether (sulfide) groups is 1. The normalized spacial score (nSPS) is 11.2. The number of hydrogen-bond donors (Lipinski definition) is 1. The Morgan fingerprint density at radius 2 is 1.67 bits per heavy atom. The summed E-state index contributed by atoms with van der Waals surface area (Å²) >= 11 is 3.36. The molecule has 0 aliphatic carbocycles. The van der Waals surface area contributed by atoms with Gasteiger partial charge in [0.25, 0.3) is 5.56 Å². The zero-order valence-electron chi connectivity index (χ0n) is 15.3. The molecule has 0 spiro atoms. The van der Waals surface area contributed by atoms with E-state index in [1.54, 1.807) is 23.1 Å². The summed E-state index contributed by atoms with van der Waals surface area (Å²) in [5.74, 6) is 2.33. The highest BCUT2D eigenvalue weighted by Gasteiger charge is 2.11. The molecule has 4 aromatic rings. The van der Waals surface area contributed by atoms with Crippen LogP contribution >= 0.6 is 23.1 Å². The zero-order valence-corrected chi connectivity index (χ0v) is 16.9. The van der Waals surface area contributed by atoms with Gasteiger partial charge in [0.05, 0.1) is 11.1 Å². The second-order valence-electron chi connectivity index (χ2n) is 6.53. The third-order valence-corrected chi connectivity index (χ3v) is 6.77. The van der Waals surface area contributed by atoms with E-state index in [2.05, 4.69) is 58.5 Å². The monoisotopic (exact) mass is 392 g/mol. The molecule has 2 heterocycles. The summed E-state index contributed by atoms with van der Waals surface area (Å²) in [5.41, 5.74) is 4.74. The lowest BCUT2D eigenvalue weighted by atomic mass is 10.0. The molecule has 0 saturated carbocycles. The topological polar surface area (TPSA) is 45.8 Å². The van der Waals surface area contributed by atoms with Gasteiger partial charge in [-0.2, -0.15) is 0 Å². The van der Waals surface area contributed by atoms with E-state index in [4.69, 9.17) is 0 Å². The first-order valence-electron chi connectivity index (χ1n) is 8.83. The van der Waals surface area contributed by atoms with Crippen molar-refractivity contribution in [1.29, 1.82) is 0 Å². The highest BCUT2D eigenvalue weighted by atomic mass is 32.2. The van der Waals surface area contributed by atoms with E-state index in [1.807, 2.05) is 19.9 Å². The lowest BCUT2D eigenvalue weighted by Crippen LogP contribution is -2.10. The SMILES string of the molecule is Cc1sc2nc(CSCc3ccc(-c4ccccc4)cc3)[nH]c(=O)c2c1C. The number of benzene rings is 2. The van der Waals surface area contributed by atoms with Crippen molar-refractivity contribution in [3.8, 4) is 11.1 Å². The molecule has 0 aliphatic heterocycles. The van der Waals surface area contributed by atoms with Gasteiger partial charge in [-0.3, -0.25) is 4.79 Å². The summed E-state index contributed by atoms with van der Waals surface area (Å²) < 4.78 is 0. The zero-order chi connectivity index (χ0) is 18.8. The maximum atomic E-state index is 12.3. The molecule has 3 nitrogen and oxygen atoms in total. The van der Waals surface area contributed by atoms with Gasteiger partial charge in [-0.25, -0.2) is 4.98 Å². The van der Waals surface area contributed by atoms with Crippen LogP contribution in [0.3, 0.4) is 0 Å². The molecule has 0 unspecified atom stereocenters. The number of fused-ring (bicyclic) bond motifs is 1. The van der Waals surface area contributed by atoms with E-state index < -0.39 is 0 Å². The molecule has 0 saturated heterocycles. The summed E-state index contributed by atoms with van der Waals surface area (Å²) in [4.78, 5) is 21.9. The van der Waals surface area contributed by atoms with Crippen LogP contribution in [0.2, 0.25) is 0 Å². The Kier molecular flexibility index (Phi) is 5.14. The van der Waals surface area contributed by atoms with Gasteiger partial charge in [0.15, 0.2) is 0 Å². The van der Waals surface area contributed by atoms with Crippen LogP contribution in [0.5, 0.6) is 0 Å². The lowest BCUT2D eigenvalue weighted by molar-refractivity contribution is 1.04. The molecular weight excluding hydrogens is 372 g/mol. The molecule has 0 fully saturated rings. The van der Waals surface area contributed by atoms with Crippen LogP contribution in [-0.4, -0.2) is 9.97 Å². The number of aromatic amines is 1. The van der Waals surface area contributed by atoms with Gasteiger partial charge in [-0.15, -0.1) is 23.1 Å². The second-order valence-corrected chi connectivity index (χ2v) is 8.72. The third kappa shape index (κ3) is 3.84. The van der Waals surface area contributed by atoms with Gasteiger partial charge in [0, 0.05) is 10.6 Å². The van der Waals surface area contributed by atoms with E-state index >= 15 is 0 Å². The molecule has 5 heteroatoms. The van der Waals surface area contributed by atoms with Crippen LogP contribution in [0.1, 0.15) is 21.8 Å². The summed E-state index contributed by atoms with van der Waals surface area (Å²) in [7, 11) is 0. The molecule has 136 valence electrons. The fraction of sp³-hybridized carbons (Fsp3) is 0.182. The third-order valence-electron chi connectivity index (χ3n) is 4.66. The predicted octanol–water partition coefficient (Wildman–Crippen LogP) is 5.70. The first-order chi connectivity index (χ1) is 13.1. The second kappa shape index (κ2) is 7.71. The van der Waals surface area contributed by atoms with Crippen molar-refractivity contribution in [1.82, 2.24) is 9.97 Å². The van der Waals surface area contributed by atoms with Crippen molar-refractivity contribution in [2.24, 2.45) is 0 Å². The quantitative estimate of drug-likeness (QED) is 0.474. The Morgan fingerprint density at radius 1 is 0.963 bits per heavy atom. The Labute approximate surface area is 166 Å². The minimum absolute atomic E-state index is 0.0235. The summed E-state index contributed by atoms with van der Waals surface area (Å²) in [6, 6.07) is 19.0. The van der Waals surface area contributed by atoms with Gasteiger partial charge in [0.2, 0.25) is 0 Å². The number of H-pyrrole nitrogens is 1. The molecule has 2 aromatic heterocycles.